The summed E-state index contributed by atoms with van der Waals surface area (Å²) in [5.41, 5.74) is 7.49. The lowest BCUT2D eigenvalue weighted by Gasteiger charge is -2.08. The lowest BCUT2D eigenvalue weighted by atomic mass is 10.2. The van der Waals surface area contributed by atoms with Crippen molar-refractivity contribution in [3.63, 3.8) is 0 Å². The van der Waals surface area contributed by atoms with Crippen molar-refractivity contribution >= 4 is 5.69 Å². The first-order valence-corrected chi connectivity index (χ1v) is 6.10. The Hall–Kier alpha value is -2.11. The third-order valence-electron chi connectivity index (χ3n) is 2.95. The van der Waals surface area contributed by atoms with E-state index in [1.165, 1.54) is 0 Å². The van der Waals surface area contributed by atoms with E-state index in [1.54, 1.807) is 0 Å². The topological polar surface area (TPSA) is 78.9 Å². The van der Waals surface area contributed by atoms with Gasteiger partial charge in [-0.1, -0.05) is 0 Å². The summed E-state index contributed by atoms with van der Waals surface area (Å²) in [5.74, 6) is 1.47. The number of hydrogen-bond acceptors (Lipinski definition) is 5. The van der Waals surface area contributed by atoms with E-state index in [4.69, 9.17) is 10.5 Å². The van der Waals surface area contributed by atoms with Gasteiger partial charge in [0.15, 0.2) is 5.82 Å². The molecule has 1 aromatic carbocycles. The van der Waals surface area contributed by atoms with Gasteiger partial charge in [0, 0.05) is 5.56 Å². The zero-order valence-corrected chi connectivity index (χ0v) is 10.2. The van der Waals surface area contributed by atoms with Crippen molar-refractivity contribution in [2.24, 2.45) is 0 Å². The second kappa shape index (κ2) is 4.29. The number of ether oxygens (including phenoxy) is 1. The van der Waals surface area contributed by atoms with Gasteiger partial charge in [-0.3, -0.25) is 0 Å². The first-order chi connectivity index (χ1) is 8.79. The molecular formula is C12H15N5O. The van der Waals surface area contributed by atoms with Gasteiger partial charge in [-0.05, 0) is 48.4 Å². The van der Waals surface area contributed by atoms with Crippen molar-refractivity contribution < 1.29 is 4.74 Å². The van der Waals surface area contributed by atoms with Gasteiger partial charge in [-0.2, -0.15) is 0 Å². The lowest BCUT2D eigenvalue weighted by Crippen LogP contribution is -2.01. The van der Waals surface area contributed by atoms with Gasteiger partial charge in [-0.25, -0.2) is 4.68 Å². The predicted octanol–water partition coefficient (Wildman–Crippen LogP) is 1.66. The Labute approximate surface area is 105 Å². The van der Waals surface area contributed by atoms with Gasteiger partial charge in [0.05, 0.1) is 18.3 Å². The van der Waals surface area contributed by atoms with Crippen LogP contribution in [-0.4, -0.2) is 26.8 Å². The minimum Gasteiger partial charge on any atom is -0.492 e. The summed E-state index contributed by atoms with van der Waals surface area (Å²) in [7, 11) is 0. The van der Waals surface area contributed by atoms with E-state index in [1.807, 2.05) is 29.8 Å². The van der Waals surface area contributed by atoms with Crippen LogP contribution in [0.5, 0.6) is 5.75 Å². The van der Waals surface area contributed by atoms with E-state index in [9.17, 15) is 0 Å². The Kier molecular flexibility index (Phi) is 2.62. The van der Waals surface area contributed by atoms with Crippen molar-refractivity contribution in [2.45, 2.75) is 25.8 Å². The second-order valence-corrected chi connectivity index (χ2v) is 4.36. The van der Waals surface area contributed by atoms with E-state index in [0.717, 1.165) is 24.2 Å². The number of aromatic nitrogens is 4. The zero-order valence-electron chi connectivity index (χ0n) is 10.2. The minimum absolute atomic E-state index is 0.447. The molecule has 1 aliphatic carbocycles. The number of nitrogens with zero attached hydrogens (tertiary/aromatic N) is 4. The molecule has 0 aliphatic heterocycles. The fraction of sp³-hybridized carbons (Fsp3) is 0.417. The highest BCUT2D eigenvalue weighted by molar-refractivity contribution is 5.66. The van der Waals surface area contributed by atoms with Crippen LogP contribution in [0.1, 0.15) is 25.8 Å². The smallest absolute Gasteiger partial charge is 0.182 e. The van der Waals surface area contributed by atoms with Crippen molar-refractivity contribution in [2.75, 3.05) is 12.3 Å². The van der Waals surface area contributed by atoms with Gasteiger partial charge >= 0.3 is 0 Å². The van der Waals surface area contributed by atoms with E-state index in [2.05, 4.69) is 15.5 Å². The van der Waals surface area contributed by atoms with Crippen LogP contribution in [0, 0.1) is 0 Å². The molecular weight excluding hydrogens is 230 g/mol. The van der Waals surface area contributed by atoms with Crippen LogP contribution in [0.3, 0.4) is 0 Å². The minimum atomic E-state index is 0.447. The van der Waals surface area contributed by atoms with Crippen molar-refractivity contribution in [3.8, 4) is 17.1 Å². The summed E-state index contributed by atoms with van der Waals surface area (Å²) in [5, 5.41) is 11.8. The van der Waals surface area contributed by atoms with Crippen molar-refractivity contribution in [1.29, 1.82) is 0 Å². The molecule has 0 amide bonds. The summed E-state index contributed by atoms with van der Waals surface area (Å²) < 4.78 is 7.29. The average molecular weight is 245 g/mol. The third-order valence-corrected chi connectivity index (χ3v) is 2.95. The molecule has 0 bridgehead atoms. The van der Waals surface area contributed by atoms with E-state index < -0.39 is 0 Å². The molecule has 0 radical (unpaired) electrons. The van der Waals surface area contributed by atoms with Gasteiger partial charge in [0.25, 0.3) is 0 Å². The molecule has 1 aromatic heterocycles. The summed E-state index contributed by atoms with van der Waals surface area (Å²) in [6.45, 7) is 2.53. The van der Waals surface area contributed by atoms with E-state index >= 15 is 0 Å². The van der Waals surface area contributed by atoms with Crippen LogP contribution in [0.15, 0.2) is 18.2 Å². The molecule has 2 aromatic rings. The molecule has 0 spiro atoms. The summed E-state index contributed by atoms with van der Waals surface area (Å²) in [6.07, 6.45) is 2.29. The Bertz CT molecular complexity index is 561. The maximum Gasteiger partial charge on any atom is 0.182 e. The van der Waals surface area contributed by atoms with Gasteiger partial charge in [0.1, 0.15) is 5.75 Å². The number of rotatable bonds is 4. The average Bonchev–Trinajstić information content (AvgIpc) is 3.10. The Balaban J connectivity index is 1.96. The van der Waals surface area contributed by atoms with Crippen LogP contribution in [0.2, 0.25) is 0 Å². The standard InChI is InChI=1S/C12H15N5O/c1-2-18-11-6-3-8(7-10(11)13)12-14-15-16-17(12)9-4-5-9/h3,6-7,9H,2,4-5,13H2,1H3. The van der Waals surface area contributed by atoms with Gasteiger partial charge < -0.3 is 10.5 Å². The highest BCUT2D eigenvalue weighted by atomic mass is 16.5. The maximum atomic E-state index is 5.95. The fourth-order valence-electron chi connectivity index (χ4n) is 1.92. The lowest BCUT2D eigenvalue weighted by molar-refractivity contribution is 0.342. The second-order valence-electron chi connectivity index (χ2n) is 4.36. The molecule has 3 rings (SSSR count). The molecule has 0 saturated heterocycles. The van der Waals surface area contributed by atoms with Crippen molar-refractivity contribution in [1.82, 2.24) is 20.2 Å². The van der Waals surface area contributed by atoms with Crippen LogP contribution >= 0.6 is 0 Å². The highest BCUT2D eigenvalue weighted by Gasteiger charge is 2.28. The normalized spacial score (nSPS) is 14.7. The zero-order chi connectivity index (χ0) is 12.5. The quantitative estimate of drug-likeness (QED) is 0.829. The van der Waals surface area contributed by atoms with E-state index in [-0.39, 0.29) is 0 Å². The highest BCUT2D eigenvalue weighted by Crippen LogP contribution is 2.37. The Morgan fingerprint density at radius 1 is 1.44 bits per heavy atom. The molecule has 1 heterocycles. The number of tetrazole rings is 1. The summed E-state index contributed by atoms with van der Waals surface area (Å²) in [4.78, 5) is 0. The Morgan fingerprint density at radius 3 is 2.94 bits per heavy atom. The molecule has 94 valence electrons. The van der Waals surface area contributed by atoms with Gasteiger partial charge in [-0.15, -0.1) is 5.10 Å². The summed E-state index contributed by atoms with van der Waals surface area (Å²) >= 11 is 0. The number of nitrogen functional groups attached to an aromatic ring is 1. The fourth-order valence-corrected chi connectivity index (χ4v) is 1.92. The van der Waals surface area contributed by atoms with E-state index in [0.29, 0.717) is 24.1 Å². The molecule has 6 heteroatoms. The molecule has 6 nitrogen and oxygen atoms in total. The Morgan fingerprint density at radius 2 is 2.28 bits per heavy atom. The number of anilines is 1. The molecule has 1 aliphatic rings. The molecule has 1 saturated carbocycles. The van der Waals surface area contributed by atoms with Crippen LogP contribution < -0.4 is 10.5 Å². The first kappa shape index (κ1) is 11.0. The summed E-state index contributed by atoms with van der Waals surface area (Å²) in [6, 6.07) is 6.10. The number of nitrogens with two attached hydrogens (primary N) is 1. The molecule has 1 fully saturated rings. The monoisotopic (exact) mass is 245 g/mol. The predicted molar refractivity (Wildman–Crippen MR) is 67.1 cm³/mol. The van der Waals surface area contributed by atoms with Crippen LogP contribution in [0.4, 0.5) is 5.69 Å². The SMILES string of the molecule is CCOc1ccc(-c2nnnn2C2CC2)cc1N. The van der Waals surface area contributed by atoms with Crippen molar-refractivity contribution in [3.05, 3.63) is 18.2 Å². The van der Waals surface area contributed by atoms with Crippen LogP contribution in [-0.2, 0) is 0 Å². The molecule has 0 unspecified atom stereocenters. The maximum absolute atomic E-state index is 5.95. The molecule has 2 N–H and O–H groups in total. The molecule has 0 atom stereocenters. The number of benzene rings is 1. The van der Waals surface area contributed by atoms with Gasteiger partial charge in [0.2, 0.25) is 0 Å². The largest absolute Gasteiger partial charge is 0.492 e. The van der Waals surface area contributed by atoms with Crippen LogP contribution in [0.25, 0.3) is 11.4 Å². The first-order valence-electron chi connectivity index (χ1n) is 6.10. The number of hydrogen-bond donors (Lipinski definition) is 1. The molecule has 18 heavy (non-hydrogen) atoms. The third kappa shape index (κ3) is 1.90.